The lowest BCUT2D eigenvalue weighted by atomic mass is 10.2. The monoisotopic (exact) mass is 378 g/mol. The Hall–Kier alpha value is -2.75. The zero-order valence-corrected chi connectivity index (χ0v) is 16.9. The van der Waals surface area contributed by atoms with E-state index in [1.165, 1.54) is 19.4 Å². The lowest BCUT2D eigenvalue weighted by Crippen LogP contribution is -2.25. The van der Waals surface area contributed by atoms with E-state index < -0.39 is 0 Å². The van der Waals surface area contributed by atoms with Crippen LogP contribution in [0.1, 0.15) is 43.5 Å². The number of nitrogens with zero attached hydrogens (tertiary/aromatic N) is 4. The molecule has 0 amide bonds. The third kappa shape index (κ3) is 7.87. The van der Waals surface area contributed by atoms with Gasteiger partial charge < -0.3 is 10.2 Å². The fraction of sp³-hybridized carbons (Fsp3) is 0.409. The van der Waals surface area contributed by atoms with Crippen LogP contribution in [0.5, 0.6) is 0 Å². The Bertz CT molecular complexity index is 759. The fourth-order valence-corrected chi connectivity index (χ4v) is 2.82. The predicted molar refractivity (Wildman–Crippen MR) is 115 cm³/mol. The highest BCUT2D eigenvalue weighted by Crippen LogP contribution is 2.08. The largest absolute Gasteiger partial charge is 0.311 e. The molecule has 6 nitrogen and oxygen atoms in total. The number of hydrogen-bond acceptors (Lipinski definition) is 6. The molecule has 0 aliphatic rings. The maximum absolute atomic E-state index is 8.81. The summed E-state index contributed by atoms with van der Waals surface area (Å²) in [6, 6.07) is 13.2. The van der Waals surface area contributed by atoms with Gasteiger partial charge in [-0.15, -0.1) is 0 Å². The summed E-state index contributed by atoms with van der Waals surface area (Å²) in [5.41, 5.74) is 6.45. The fourth-order valence-electron chi connectivity index (χ4n) is 2.82. The van der Waals surface area contributed by atoms with Crippen molar-refractivity contribution >= 4 is 11.9 Å². The average Bonchev–Trinajstić information content (AvgIpc) is 2.74. The van der Waals surface area contributed by atoms with Crippen molar-refractivity contribution in [1.29, 1.82) is 5.26 Å². The summed E-state index contributed by atoms with van der Waals surface area (Å²) < 4.78 is 0. The molecule has 1 aromatic carbocycles. The summed E-state index contributed by atoms with van der Waals surface area (Å²) in [5.74, 6) is 0. The van der Waals surface area contributed by atoms with Crippen LogP contribution >= 0.6 is 0 Å². The summed E-state index contributed by atoms with van der Waals surface area (Å²) in [6.45, 7) is 9.61. The summed E-state index contributed by atoms with van der Waals surface area (Å²) in [5, 5.41) is 16.5. The van der Waals surface area contributed by atoms with Crippen molar-refractivity contribution < 1.29 is 0 Å². The van der Waals surface area contributed by atoms with Gasteiger partial charge in [-0.1, -0.05) is 13.8 Å². The first-order valence-electron chi connectivity index (χ1n) is 9.92. The van der Waals surface area contributed by atoms with E-state index >= 15 is 0 Å². The smallest absolute Gasteiger partial charge is 0.0991 e. The summed E-state index contributed by atoms with van der Waals surface area (Å²) >= 11 is 0. The first kappa shape index (κ1) is 21.5. The van der Waals surface area contributed by atoms with Crippen molar-refractivity contribution in [2.24, 2.45) is 5.10 Å². The first-order valence-corrected chi connectivity index (χ1v) is 9.92. The number of benzene rings is 1. The molecule has 148 valence electrons. The van der Waals surface area contributed by atoms with Gasteiger partial charge in [0.05, 0.1) is 29.2 Å². The molecule has 2 rings (SSSR count). The van der Waals surface area contributed by atoms with E-state index in [2.05, 4.69) is 45.6 Å². The van der Waals surface area contributed by atoms with Gasteiger partial charge in [0, 0.05) is 12.7 Å². The second kappa shape index (κ2) is 12.6. The second-order valence-corrected chi connectivity index (χ2v) is 6.55. The van der Waals surface area contributed by atoms with Gasteiger partial charge in [-0.2, -0.15) is 10.4 Å². The van der Waals surface area contributed by atoms with Gasteiger partial charge in [-0.25, -0.2) is 0 Å². The second-order valence-electron chi connectivity index (χ2n) is 6.55. The van der Waals surface area contributed by atoms with E-state index in [0.29, 0.717) is 5.56 Å². The van der Waals surface area contributed by atoms with Crippen LogP contribution < -0.4 is 10.7 Å². The molecule has 2 aromatic rings. The number of hydrazone groups is 1. The zero-order chi connectivity index (χ0) is 20.0. The lowest BCUT2D eigenvalue weighted by Gasteiger charge is -2.17. The molecule has 28 heavy (non-hydrogen) atoms. The molecule has 0 saturated carbocycles. The van der Waals surface area contributed by atoms with Gasteiger partial charge in [-0.3, -0.25) is 10.4 Å². The number of aromatic nitrogens is 1. The Morgan fingerprint density at radius 3 is 2.64 bits per heavy atom. The predicted octanol–water partition coefficient (Wildman–Crippen LogP) is 3.61. The van der Waals surface area contributed by atoms with Crippen LogP contribution in [0.4, 0.5) is 5.69 Å². The van der Waals surface area contributed by atoms with Crippen LogP contribution in [0.25, 0.3) is 0 Å². The molecule has 0 saturated heterocycles. The Morgan fingerprint density at radius 2 is 1.93 bits per heavy atom. The quantitative estimate of drug-likeness (QED) is 0.335. The Labute approximate surface area is 168 Å². The molecule has 0 spiro atoms. The number of nitrogens with one attached hydrogen (secondary N) is 2. The van der Waals surface area contributed by atoms with Crippen LogP contribution in [-0.4, -0.2) is 42.3 Å². The molecule has 0 radical (unpaired) electrons. The normalized spacial score (nSPS) is 11.1. The van der Waals surface area contributed by atoms with E-state index in [1.807, 2.05) is 24.3 Å². The molecular weight excluding hydrogens is 348 g/mol. The van der Waals surface area contributed by atoms with Crippen molar-refractivity contribution in [3.05, 3.63) is 59.4 Å². The molecule has 6 heteroatoms. The number of nitriles is 1. The molecule has 0 bridgehead atoms. The molecule has 0 fully saturated rings. The molecular formula is C22H30N6. The van der Waals surface area contributed by atoms with Crippen molar-refractivity contribution in [2.45, 2.75) is 33.2 Å². The van der Waals surface area contributed by atoms with Gasteiger partial charge in [0.25, 0.3) is 0 Å². The number of pyridine rings is 1. The van der Waals surface area contributed by atoms with Gasteiger partial charge in [0.15, 0.2) is 0 Å². The molecule has 0 unspecified atom stereocenters. The molecule has 0 aliphatic heterocycles. The van der Waals surface area contributed by atoms with Gasteiger partial charge in [0.2, 0.25) is 0 Å². The standard InChI is InChI=1S/C22H30N6/c1-3-28(4-2)14-6-5-12-24-18-22-15-20(11-13-25-22)17-26-27-21-9-7-19(16-23)8-10-21/h7-11,13,15,17,24,27H,3-6,12,14,18H2,1-2H3. The molecule has 0 atom stereocenters. The number of anilines is 1. The highest BCUT2D eigenvalue weighted by molar-refractivity contribution is 5.80. The maximum Gasteiger partial charge on any atom is 0.0991 e. The number of unbranched alkanes of at least 4 members (excludes halogenated alkanes) is 1. The SMILES string of the molecule is CCN(CC)CCCCNCc1cc(C=NNc2ccc(C#N)cc2)ccn1. The Balaban J connectivity index is 1.71. The third-order valence-electron chi connectivity index (χ3n) is 4.54. The van der Waals surface area contributed by atoms with Crippen LogP contribution in [0, 0.1) is 11.3 Å². The van der Waals surface area contributed by atoms with Crippen LogP contribution in [0.15, 0.2) is 47.7 Å². The minimum absolute atomic E-state index is 0.633. The zero-order valence-electron chi connectivity index (χ0n) is 16.9. The van der Waals surface area contributed by atoms with E-state index in [4.69, 9.17) is 5.26 Å². The van der Waals surface area contributed by atoms with Gasteiger partial charge >= 0.3 is 0 Å². The lowest BCUT2D eigenvalue weighted by molar-refractivity contribution is 0.296. The van der Waals surface area contributed by atoms with Gasteiger partial charge in [-0.05, 0) is 81.0 Å². The minimum Gasteiger partial charge on any atom is -0.311 e. The number of hydrogen-bond donors (Lipinski definition) is 2. The minimum atomic E-state index is 0.633. The Kier molecular flexibility index (Phi) is 9.70. The summed E-state index contributed by atoms with van der Waals surface area (Å²) in [6.07, 6.45) is 5.97. The maximum atomic E-state index is 8.81. The highest BCUT2D eigenvalue weighted by Gasteiger charge is 1.99. The van der Waals surface area contributed by atoms with Crippen LogP contribution in [0.3, 0.4) is 0 Å². The number of rotatable bonds is 12. The van der Waals surface area contributed by atoms with Crippen molar-refractivity contribution in [3.63, 3.8) is 0 Å². The van der Waals surface area contributed by atoms with Crippen molar-refractivity contribution in [2.75, 3.05) is 31.6 Å². The highest BCUT2D eigenvalue weighted by atomic mass is 15.3. The van der Waals surface area contributed by atoms with Crippen molar-refractivity contribution in [3.8, 4) is 6.07 Å². The Morgan fingerprint density at radius 1 is 1.14 bits per heavy atom. The van der Waals surface area contributed by atoms with E-state index in [0.717, 1.165) is 43.1 Å². The average molecular weight is 379 g/mol. The van der Waals surface area contributed by atoms with Gasteiger partial charge in [0.1, 0.15) is 0 Å². The molecule has 2 N–H and O–H groups in total. The van der Waals surface area contributed by atoms with Crippen LogP contribution in [0.2, 0.25) is 0 Å². The molecule has 1 aromatic heterocycles. The third-order valence-corrected chi connectivity index (χ3v) is 4.54. The van der Waals surface area contributed by atoms with E-state index in [1.54, 1.807) is 24.5 Å². The topological polar surface area (TPSA) is 76.3 Å². The van der Waals surface area contributed by atoms with E-state index in [-0.39, 0.29) is 0 Å². The summed E-state index contributed by atoms with van der Waals surface area (Å²) in [7, 11) is 0. The van der Waals surface area contributed by atoms with Crippen LogP contribution in [-0.2, 0) is 6.54 Å². The molecule has 1 heterocycles. The summed E-state index contributed by atoms with van der Waals surface area (Å²) in [4.78, 5) is 6.87. The first-order chi connectivity index (χ1) is 13.7. The van der Waals surface area contributed by atoms with Crippen molar-refractivity contribution in [1.82, 2.24) is 15.2 Å². The molecule has 0 aliphatic carbocycles. The van der Waals surface area contributed by atoms with E-state index in [9.17, 15) is 0 Å².